The lowest BCUT2D eigenvalue weighted by atomic mass is 10.3. The maximum absolute atomic E-state index is 11.1. The summed E-state index contributed by atoms with van der Waals surface area (Å²) in [4.78, 5) is 11.1. The van der Waals surface area contributed by atoms with E-state index in [4.69, 9.17) is 14.2 Å². The minimum atomic E-state index is 0.0871. The fourth-order valence-electron chi connectivity index (χ4n) is 1.16. The van der Waals surface area contributed by atoms with Gasteiger partial charge in [0.25, 0.3) is 0 Å². The normalized spacial score (nSPS) is 9.68. The minimum Gasteiger partial charge on any atom is -0.379 e. The van der Waals surface area contributed by atoms with Gasteiger partial charge in [0.15, 0.2) is 0 Å². The second-order valence-corrected chi connectivity index (χ2v) is 3.52. The molecule has 5 nitrogen and oxygen atoms in total. The summed E-state index contributed by atoms with van der Waals surface area (Å²) < 4.78 is 15.7. The van der Waals surface area contributed by atoms with E-state index in [-0.39, 0.29) is 5.91 Å². The number of carbonyl (C=O) groups excluding carboxylic acids is 1. The van der Waals surface area contributed by atoms with E-state index in [0.717, 1.165) is 13.0 Å². The second kappa shape index (κ2) is 19.7. The lowest BCUT2D eigenvalue weighted by molar-refractivity contribution is -0.121. The number of amides is 1. The molecule has 0 heterocycles. The summed E-state index contributed by atoms with van der Waals surface area (Å²) in [5.41, 5.74) is 0. The van der Waals surface area contributed by atoms with E-state index in [0.29, 0.717) is 46.0 Å². The first-order valence-corrected chi connectivity index (χ1v) is 7.31. The monoisotopic (exact) mass is 277 g/mol. The van der Waals surface area contributed by atoms with Gasteiger partial charge >= 0.3 is 0 Å². The molecule has 19 heavy (non-hydrogen) atoms. The summed E-state index contributed by atoms with van der Waals surface area (Å²) >= 11 is 0. The van der Waals surface area contributed by atoms with Crippen LogP contribution in [0.3, 0.4) is 0 Å². The Morgan fingerprint density at radius 3 is 1.95 bits per heavy atom. The van der Waals surface area contributed by atoms with Crippen LogP contribution in [0.2, 0.25) is 0 Å². The Balaban J connectivity index is 0. The van der Waals surface area contributed by atoms with Crippen LogP contribution in [0, 0.1) is 0 Å². The maximum atomic E-state index is 11.1. The summed E-state index contributed by atoms with van der Waals surface area (Å²) in [5.74, 6) is 0.0871. The van der Waals surface area contributed by atoms with E-state index in [1.807, 2.05) is 27.7 Å². The fraction of sp³-hybridized carbons (Fsp3) is 0.929. The quantitative estimate of drug-likeness (QED) is 0.554. The highest BCUT2D eigenvalue weighted by Gasteiger charge is 1.97. The topological polar surface area (TPSA) is 56.8 Å². The van der Waals surface area contributed by atoms with Gasteiger partial charge in [-0.05, 0) is 13.3 Å². The number of hydrogen-bond donors (Lipinski definition) is 1. The lowest BCUT2D eigenvalue weighted by Gasteiger charge is -2.07. The lowest BCUT2D eigenvalue weighted by Crippen LogP contribution is -2.27. The SMILES string of the molecule is CC.CCCC(=O)NCCOCCOCCOCC. The molecule has 0 fully saturated rings. The van der Waals surface area contributed by atoms with E-state index >= 15 is 0 Å². The van der Waals surface area contributed by atoms with Gasteiger partial charge < -0.3 is 19.5 Å². The smallest absolute Gasteiger partial charge is 0.220 e. The largest absolute Gasteiger partial charge is 0.379 e. The van der Waals surface area contributed by atoms with Crippen LogP contribution in [-0.2, 0) is 19.0 Å². The number of ether oxygens (including phenoxy) is 3. The average molecular weight is 277 g/mol. The Kier molecular flexibility index (Phi) is 21.4. The van der Waals surface area contributed by atoms with Crippen LogP contribution in [0.4, 0.5) is 0 Å². The highest BCUT2D eigenvalue weighted by molar-refractivity contribution is 5.75. The summed E-state index contributed by atoms with van der Waals surface area (Å²) in [6, 6.07) is 0. The molecule has 5 heteroatoms. The van der Waals surface area contributed by atoms with Gasteiger partial charge in [0.1, 0.15) is 0 Å². The molecular formula is C14H31NO4. The van der Waals surface area contributed by atoms with Crippen molar-refractivity contribution in [3.63, 3.8) is 0 Å². The van der Waals surface area contributed by atoms with Crippen LogP contribution in [0.15, 0.2) is 0 Å². The minimum absolute atomic E-state index is 0.0871. The van der Waals surface area contributed by atoms with Crippen molar-refractivity contribution in [2.75, 3.05) is 46.2 Å². The van der Waals surface area contributed by atoms with Crippen molar-refractivity contribution in [1.82, 2.24) is 5.32 Å². The molecule has 0 bridgehead atoms. The van der Waals surface area contributed by atoms with Gasteiger partial charge in [0.05, 0.1) is 33.0 Å². The second-order valence-electron chi connectivity index (χ2n) is 3.52. The molecule has 0 spiro atoms. The predicted octanol–water partition coefficient (Wildman–Crippen LogP) is 2.00. The summed E-state index contributed by atoms with van der Waals surface area (Å²) in [7, 11) is 0. The van der Waals surface area contributed by atoms with Gasteiger partial charge in [-0.3, -0.25) is 4.79 Å². The Morgan fingerprint density at radius 2 is 1.42 bits per heavy atom. The van der Waals surface area contributed by atoms with Crippen molar-refractivity contribution in [2.24, 2.45) is 0 Å². The first-order chi connectivity index (χ1) is 9.31. The molecule has 0 aliphatic heterocycles. The molecule has 0 aromatic heterocycles. The molecule has 1 N–H and O–H groups in total. The molecular weight excluding hydrogens is 246 g/mol. The summed E-state index contributed by atoms with van der Waals surface area (Å²) in [6.07, 6.45) is 1.46. The third-order valence-corrected chi connectivity index (χ3v) is 1.99. The van der Waals surface area contributed by atoms with Crippen molar-refractivity contribution in [2.45, 2.75) is 40.5 Å². The Morgan fingerprint density at radius 1 is 0.895 bits per heavy atom. The molecule has 0 aromatic carbocycles. The number of rotatable bonds is 12. The average Bonchev–Trinajstić information content (AvgIpc) is 2.43. The van der Waals surface area contributed by atoms with Crippen molar-refractivity contribution in [1.29, 1.82) is 0 Å². The van der Waals surface area contributed by atoms with Crippen LogP contribution in [0.1, 0.15) is 40.5 Å². The van der Waals surface area contributed by atoms with Gasteiger partial charge in [-0.2, -0.15) is 0 Å². The molecule has 0 aliphatic rings. The van der Waals surface area contributed by atoms with Crippen LogP contribution in [0.5, 0.6) is 0 Å². The highest BCUT2D eigenvalue weighted by atomic mass is 16.5. The Bertz CT molecular complexity index is 177. The molecule has 0 rings (SSSR count). The third-order valence-electron chi connectivity index (χ3n) is 1.99. The van der Waals surface area contributed by atoms with Crippen molar-refractivity contribution in [3.05, 3.63) is 0 Å². The zero-order valence-corrected chi connectivity index (χ0v) is 13.0. The predicted molar refractivity (Wildman–Crippen MR) is 77.4 cm³/mol. The highest BCUT2D eigenvalue weighted by Crippen LogP contribution is 1.85. The third kappa shape index (κ3) is 19.9. The van der Waals surface area contributed by atoms with Gasteiger partial charge in [0.2, 0.25) is 5.91 Å². The molecule has 0 radical (unpaired) electrons. The zero-order valence-electron chi connectivity index (χ0n) is 13.0. The van der Waals surface area contributed by atoms with E-state index in [1.165, 1.54) is 0 Å². The molecule has 0 aliphatic carbocycles. The van der Waals surface area contributed by atoms with E-state index in [1.54, 1.807) is 0 Å². The van der Waals surface area contributed by atoms with Gasteiger partial charge in [0, 0.05) is 19.6 Å². The van der Waals surface area contributed by atoms with Gasteiger partial charge in [-0.1, -0.05) is 20.8 Å². The Labute approximate surface area is 118 Å². The summed E-state index contributed by atoms with van der Waals surface area (Å²) in [5, 5.41) is 2.78. The van der Waals surface area contributed by atoms with E-state index in [2.05, 4.69) is 5.32 Å². The molecule has 116 valence electrons. The first-order valence-electron chi connectivity index (χ1n) is 7.31. The Hall–Kier alpha value is -0.650. The summed E-state index contributed by atoms with van der Waals surface area (Å²) in [6.45, 7) is 12.1. The van der Waals surface area contributed by atoms with Crippen molar-refractivity contribution >= 4 is 5.91 Å². The van der Waals surface area contributed by atoms with Gasteiger partial charge in [-0.15, -0.1) is 0 Å². The van der Waals surface area contributed by atoms with Crippen LogP contribution in [-0.4, -0.2) is 52.1 Å². The molecule has 0 saturated carbocycles. The molecule has 0 atom stereocenters. The van der Waals surface area contributed by atoms with Crippen LogP contribution < -0.4 is 5.32 Å². The van der Waals surface area contributed by atoms with Crippen molar-refractivity contribution in [3.8, 4) is 0 Å². The van der Waals surface area contributed by atoms with E-state index < -0.39 is 0 Å². The first kappa shape index (κ1) is 20.7. The number of hydrogen-bond acceptors (Lipinski definition) is 4. The standard InChI is InChI=1S/C12H25NO4.C2H6/c1-3-5-12(14)13-6-7-16-10-11-17-9-8-15-4-2;1-2/h3-11H2,1-2H3,(H,13,14);1-2H3. The zero-order chi connectivity index (χ0) is 14.8. The van der Waals surface area contributed by atoms with Gasteiger partial charge in [-0.25, -0.2) is 0 Å². The molecule has 1 amide bonds. The fourth-order valence-corrected chi connectivity index (χ4v) is 1.16. The maximum Gasteiger partial charge on any atom is 0.220 e. The molecule has 0 aromatic rings. The van der Waals surface area contributed by atoms with E-state index in [9.17, 15) is 4.79 Å². The number of nitrogens with one attached hydrogen (secondary N) is 1. The molecule has 0 unspecified atom stereocenters. The molecule has 0 saturated heterocycles. The number of carbonyl (C=O) groups is 1. The van der Waals surface area contributed by atoms with Crippen LogP contribution in [0.25, 0.3) is 0 Å². The van der Waals surface area contributed by atoms with Crippen molar-refractivity contribution < 1.29 is 19.0 Å². The van der Waals surface area contributed by atoms with Crippen LogP contribution >= 0.6 is 0 Å².